The zero-order valence-corrected chi connectivity index (χ0v) is 8.69. The van der Waals surface area contributed by atoms with Gasteiger partial charge in [-0.1, -0.05) is 13.8 Å². The van der Waals surface area contributed by atoms with Gasteiger partial charge in [0.25, 0.3) is 0 Å². The number of carbonyl (C=O) groups excluding carboxylic acids is 1. The van der Waals surface area contributed by atoms with Gasteiger partial charge >= 0.3 is 6.18 Å². The molecule has 14 heavy (non-hydrogen) atoms. The summed E-state index contributed by atoms with van der Waals surface area (Å²) in [7, 11) is 0. The monoisotopic (exact) mass is 211 g/mol. The Kier molecular flexibility index (Phi) is 5.12. The lowest BCUT2D eigenvalue weighted by atomic mass is 10.1. The van der Waals surface area contributed by atoms with Crippen molar-refractivity contribution < 1.29 is 18.0 Å². The van der Waals surface area contributed by atoms with Crippen molar-refractivity contribution in [1.29, 1.82) is 0 Å². The van der Waals surface area contributed by atoms with E-state index in [1.54, 1.807) is 13.8 Å². The van der Waals surface area contributed by atoms with Crippen LogP contribution in [0, 0.1) is 0 Å². The zero-order chi connectivity index (χ0) is 11.4. The predicted molar refractivity (Wildman–Crippen MR) is 48.1 cm³/mol. The average molecular weight is 211 g/mol. The van der Waals surface area contributed by atoms with Crippen LogP contribution in [0.25, 0.3) is 0 Å². The molecule has 0 aliphatic rings. The Morgan fingerprint density at radius 3 is 2.07 bits per heavy atom. The fourth-order valence-corrected chi connectivity index (χ4v) is 1.48. The molecule has 0 fully saturated rings. The Morgan fingerprint density at radius 2 is 1.86 bits per heavy atom. The Balaban J connectivity index is 4.45. The quantitative estimate of drug-likeness (QED) is 0.695. The number of ketones is 1. The second kappa shape index (κ2) is 5.34. The maximum Gasteiger partial charge on any atom is 0.401 e. The molecule has 0 aliphatic carbocycles. The molecule has 0 unspecified atom stereocenters. The number of hydrogen-bond donors (Lipinski definition) is 0. The summed E-state index contributed by atoms with van der Waals surface area (Å²) in [5, 5.41) is 0. The van der Waals surface area contributed by atoms with Crippen molar-refractivity contribution in [3.05, 3.63) is 0 Å². The molecule has 0 heterocycles. The molecule has 0 aliphatic heterocycles. The van der Waals surface area contributed by atoms with E-state index in [2.05, 4.69) is 0 Å². The molecule has 2 nitrogen and oxygen atoms in total. The number of Topliss-reactive ketones (excluding diaryl/α,β-unsaturated/α-hetero) is 1. The lowest BCUT2D eigenvalue weighted by Gasteiger charge is -2.28. The minimum atomic E-state index is -4.24. The highest BCUT2D eigenvalue weighted by Crippen LogP contribution is 2.19. The van der Waals surface area contributed by atoms with Crippen molar-refractivity contribution in [2.75, 3.05) is 13.1 Å². The van der Waals surface area contributed by atoms with E-state index in [1.165, 1.54) is 6.92 Å². The molecule has 0 N–H and O–H groups in total. The molecule has 0 spiro atoms. The minimum absolute atomic E-state index is 0.210. The number of rotatable bonds is 5. The summed E-state index contributed by atoms with van der Waals surface area (Å²) in [6.45, 7) is 3.88. The van der Waals surface area contributed by atoms with Crippen LogP contribution in [0.1, 0.15) is 27.2 Å². The van der Waals surface area contributed by atoms with E-state index in [-0.39, 0.29) is 12.3 Å². The van der Waals surface area contributed by atoms with E-state index in [0.717, 1.165) is 4.90 Å². The maximum absolute atomic E-state index is 12.1. The summed E-state index contributed by atoms with van der Waals surface area (Å²) in [6.07, 6.45) is -3.82. The van der Waals surface area contributed by atoms with Crippen LogP contribution in [0.4, 0.5) is 13.2 Å². The van der Waals surface area contributed by atoms with Crippen molar-refractivity contribution in [3.63, 3.8) is 0 Å². The molecule has 0 aromatic heterocycles. The molecule has 1 atom stereocenters. The summed E-state index contributed by atoms with van der Waals surface area (Å²) in [5.41, 5.74) is 0. The Labute approximate surface area is 82.1 Å². The molecule has 84 valence electrons. The first-order valence-corrected chi connectivity index (χ1v) is 4.63. The summed E-state index contributed by atoms with van der Waals surface area (Å²) in [5.74, 6) is -0.210. The number of alkyl halides is 3. The molecule has 0 radical (unpaired) electrons. The molecule has 0 aromatic rings. The van der Waals surface area contributed by atoms with Crippen molar-refractivity contribution in [3.8, 4) is 0 Å². The highest BCUT2D eigenvalue weighted by atomic mass is 19.4. The fourth-order valence-electron chi connectivity index (χ4n) is 1.48. The molecule has 0 bridgehead atoms. The van der Waals surface area contributed by atoms with Crippen molar-refractivity contribution in [1.82, 2.24) is 4.90 Å². The summed E-state index contributed by atoms with van der Waals surface area (Å²) < 4.78 is 36.3. The molecule has 0 saturated heterocycles. The van der Waals surface area contributed by atoms with Crippen LogP contribution in [0.3, 0.4) is 0 Å². The van der Waals surface area contributed by atoms with Gasteiger partial charge in [0.05, 0.1) is 12.6 Å². The Hall–Kier alpha value is -0.580. The van der Waals surface area contributed by atoms with E-state index in [4.69, 9.17) is 0 Å². The van der Waals surface area contributed by atoms with Crippen LogP contribution in [-0.4, -0.2) is 36.0 Å². The van der Waals surface area contributed by atoms with Crippen LogP contribution < -0.4 is 0 Å². The van der Waals surface area contributed by atoms with Gasteiger partial charge in [0.2, 0.25) is 0 Å². The van der Waals surface area contributed by atoms with Crippen molar-refractivity contribution >= 4 is 5.78 Å². The average Bonchev–Trinajstić information content (AvgIpc) is 2.00. The summed E-state index contributed by atoms with van der Waals surface area (Å²) in [4.78, 5) is 12.2. The Morgan fingerprint density at radius 1 is 1.36 bits per heavy atom. The summed E-state index contributed by atoms with van der Waals surface area (Å²) in [6, 6.07) is -0.610. The minimum Gasteiger partial charge on any atom is -0.298 e. The third kappa shape index (κ3) is 4.60. The van der Waals surface area contributed by atoms with Crippen LogP contribution in [0.2, 0.25) is 0 Å². The molecule has 0 rings (SSSR count). The van der Waals surface area contributed by atoms with E-state index in [9.17, 15) is 18.0 Å². The lowest BCUT2D eigenvalue weighted by Crippen LogP contribution is -2.44. The Bertz CT molecular complexity index is 191. The largest absolute Gasteiger partial charge is 0.401 e. The first-order chi connectivity index (χ1) is 6.31. The molecule has 5 heteroatoms. The van der Waals surface area contributed by atoms with Gasteiger partial charge in [0.1, 0.15) is 5.78 Å². The highest BCUT2D eigenvalue weighted by Gasteiger charge is 2.33. The normalized spacial score (nSPS) is 14.5. The molecular formula is C9H16F3NO. The van der Waals surface area contributed by atoms with Crippen LogP contribution in [0.5, 0.6) is 0 Å². The highest BCUT2D eigenvalue weighted by molar-refractivity contribution is 5.81. The molecule has 0 aromatic carbocycles. The van der Waals surface area contributed by atoms with Crippen LogP contribution in [0.15, 0.2) is 0 Å². The van der Waals surface area contributed by atoms with E-state index < -0.39 is 18.8 Å². The van der Waals surface area contributed by atoms with Gasteiger partial charge in [-0.05, 0) is 19.9 Å². The first-order valence-electron chi connectivity index (χ1n) is 4.63. The third-order valence-electron chi connectivity index (χ3n) is 2.09. The van der Waals surface area contributed by atoms with Gasteiger partial charge < -0.3 is 0 Å². The van der Waals surface area contributed by atoms with Crippen LogP contribution in [-0.2, 0) is 4.79 Å². The smallest absolute Gasteiger partial charge is 0.298 e. The number of carbonyl (C=O) groups is 1. The number of likely N-dealkylation sites (N-methyl/N-ethyl adjacent to an activating group) is 1. The SMILES string of the molecule is CC[C@@H](C(C)=O)N(CC)CC(F)(F)F. The molecule has 0 amide bonds. The fraction of sp³-hybridized carbons (Fsp3) is 0.889. The number of hydrogen-bond acceptors (Lipinski definition) is 2. The maximum atomic E-state index is 12.1. The van der Waals surface area contributed by atoms with Crippen molar-refractivity contribution in [2.45, 2.75) is 39.4 Å². The van der Waals surface area contributed by atoms with Crippen molar-refractivity contribution in [2.24, 2.45) is 0 Å². The first kappa shape index (κ1) is 13.4. The second-order valence-electron chi connectivity index (χ2n) is 3.21. The molecule has 0 saturated carbocycles. The van der Waals surface area contributed by atoms with Gasteiger partial charge in [-0.25, -0.2) is 0 Å². The second-order valence-corrected chi connectivity index (χ2v) is 3.21. The van der Waals surface area contributed by atoms with E-state index in [1.807, 2.05) is 0 Å². The standard InChI is InChI=1S/C9H16F3NO/c1-4-8(7(3)14)13(5-2)6-9(10,11)12/h8H,4-6H2,1-3H3/t8-/m0/s1. The van der Waals surface area contributed by atoms with E-state index in [0.29, 0.717) is 6.42 Å². The van der Waals surface area contributed by atoms with Gasteiger partial charge in [0, 0.05) is 0 Å². The lowest BCUT2D eigenvalue weighted by molar-refractivity contribution is -0.153. The molecular weight excluding hydrogens is 195 g/mol. The van der Waals surface area contributed by atoms with Gasteiger partial charge in [-0.2, -0.15) is 13.2 Å². The summed E-state index contributed by atoms with van der Waals surface area (Å²) >= 11 is 0. The van der Waals surface area contributed by atoms with Crippen LogP contribution >= 0.6 is 0 Å². The number of halogens is 3. The zero-order valence-electron chi connectivity index (χ0n) is 8.69. The van der Waals surface area contributed by atoms with Gasteiger partial charge in [-0.15, -0.1) is 0 Å². The van der Waals surface area contributed by atoms with Gasteiger partial charge in [0.15, 0.2) is 0 Å². The number of nitrogens with zero attached hydrogens (tertiary/aromatic N) is 1. The van der Waals surface area contributed by atoms with E-state index >= 15 is 0 Å². The predicted octanol–water partition coefficient (Wildman–Crippen LogP) is 2.24. The third-order valence-corrected chi connectivity index (χ3v) is 2.09. The topological polar surface area (TPSA) is 20.3 Å². The van der Waals surface area contributed by atoms with Gasteiger partial charge in [-0.3, -0.25) is 9.69 Å².